The summed E-state index contributed by atoms with van der Waals surface area (Å²) in [6.45, 7) is 6.71. The molecule has 5 nitrogen and oxygen atoms in total. The molecule has 0 spiro atoms. The fraction of sp³-hybridized carbons (Fsp3) is 0.360. The number of unbranched alkanes of at least 4 members (excludes halogenated alkanes) is 1. The Hall–Kier alpha value is -2.92. The summed E-state index contributed by atoms with van der Waals surface area (Å²) in [5.41, 5.74) is 3.28. The van der Waals surface area contributed by atoms with E-state index in [4.69, 9.17) is 0 Å². The van der Waals surface area contributed by atoms with E-state index in [2.05, 4.69) is 41.0 Å². The first-order valence-electron chi connectivity index (χ1n) is 10.9. The molecule has 0 aromatic heterocycles. The van der Waals surface area contributed by atoms with Crippen LogP contribution in [0.15, 0.2) is 66.4 Å². The van der Waals surface area contributed by atoms with Gasteiger partial charge in [-0.05, 0) is 17.5 Å². The second-order valence-electron chi connectivity index (χ2n) is 7.95. The van der Waals surface area contributed by atoms with E-state index in [1.54, 1.807) is 0 Å². The third-order valence-corrected chi connectivity index (χ3v) is 5.88. The van der Waals surface area contributed by atoms with Gasteiger partial charge in [-0.3, -0.25) is 19.4 Å². The number of amides is 2. The molecule has 5 heteroatoms. The van der Waals surface area contributed by atoms with Crippen molar-refractivity contribution in [3.63, 3.8) is 0 Å². The number of hydrogen-bond donors (Lipinski definition) is 0. The first-order valence-corrected chi connectivity index (χ1v) is 10.9. The molecule has 2 aromatic rings. The van der Waals surface area contributed by atoms with Crippen LogP contribution in [0.2, 0.25) is 0 Å². The number of piperazine rings is 1. The highest BCUT2D eigenvalue weighted by atomic mass is 16.2. The van der Waals surface area contributed by atoms with E-state index in [1.807, 2.05) is 36.4 Å². The molecular weight excluding hydrogens is 374 g/mol. The number of benzene rings is 2. The van der Waals surface area contributed by atoms with E-state index in [1.165, 1.54) is 10.5 Å². The molecule has 2 amide bonds. The third-order valence-electron chi connectivity index (χ3n) is 5.88. The average Bonchev–Trinajstić information content (AvgIpc) is 3.04. The summed E-state index contributed by atoms with van der Waals surface area (Å²) < 4.78 is 0. The SMILES string of the molecule is CCCCN1C(=O)C(c2ccccc2)=C(N2CCN(Cc3ccccc3)CC2)C1=O. The number of carbonyl (C=O) groups is 2. The van der Waals surface area contributed by atoms with Gasteiger partial charge in [-0.1, -0.05) is 74.0 Å². The molecule has 0 bridgehead atoms. The number of hydrogen-bond acceptors (Lipinski definition) is 4. The molecule has 0 N–H and O–H groups in total. The normalized spacial score (nSPS) is 17.9. The van der Waals surface area contributed by atoms with Gasteiger partial charge in [0.1, 0.15) is 5.70 Å². The van der Waals surface area contributed by atoms with Gasteiger partial charge in [0, 0.05) is 39.3 Å². The van der Waals surface area contributed by atoms with E-state index < -0.39 is 0 Å². The molecule has 4 rings (SSSR count). The van der Waals surface area contributed by atoms with Crippen molar-refractivity contribution in [3.05, 3.63) is 77.5 Å². The Morgan fingerprint density at radius 3 is 2.07 bits per heavy atom. The van der Waals surface area contributed by atoms with Crippen molar-refractivity contribution >= 4 is 17.4 Å². The van der Waals surface area contributed by atoms with Crippen LogP contribution in [-0.4, -0.2) is 59.2 Å². The lowest BCUT2D eigenvalue weighted by atomic mass is 10.0. The van der Waals surface area contributed by atoms with Crippen molar-refractivity contribution in [2.75, 3.05) is 32.7 Å². The molecule has 0 saturated carbocycles. The second kappa shape index (κ2) is 9.26. The quantitative estimate of drug-likeness (QED) is 0.665. The Bertz CT molecular complexity index is 916. The van der Waals surface area contributed by atoms with Gasteiger partial charge in [-0.2, -0.15) is 0 Å². The Morgan fingerprint density at radius 2 is 1.43 bits per heavy atom. The Morgan fingerprint density at radius 1 is 0.800 bits per heavy atom. The van der Waals surface area contributed by atoms with E-state index in [0.717, 1.165) is 51.1 Å². The molecule has 0 atom stereocenters. The maximum absolute atomic E-state index is 13.3. The molecule has 1 fully saturated rings. The monoisotopic (exact) mass is 403 g/mol. The minimum absolute atomic E-state index is 0.135. The van der Waals surface area contributed by atoms with Crippen LogP contribution in [0.25, 0.3) is 5.57 Å². The molecule has 0 aliphatic carbocycles. The van der Waals surface area contributed by atoms with Crippen molar-refractivity contribution in [1.29, 1.82) is 0 Å². The van der Waals surface area contributed by atoms with Crippen molar-refractivity contribution in [2.24, 2.45) is 0 Å². The topological polar surface area (TPSA) is 43.9 Å². The molecule has 2 aromatic carbocycles. The lowest BCUT2D eigenvalue weighted by Crippen LogP contribution is -2.47. The van der Waals surface area contributed by atoms with Crippen LogP contribution >= 0.6 is 0 Å². The fourth-order valence-electron chi connectivity index (χ4n) is 4.21. The first kappa shape index (κ1) is 20.4. The lowest BCUT2D eigenvalue weighted by molar-refractivity contribution is -0.137. The van der Waals surface area contributed by atoms with Crippen LogP contribution in [0.4, 0.5) is 0 Å². The van der Waals surface area contributed by atoms with E-state index in [-0.39, 0.29) is 11.8 Å². The van der Waals surface area contributed by atoms with Gasteiger partial charge in [0.2, 0.25) is 0 Å². The number of carbonyl (C=O) groups excluding carboxylic acids is 2. The molecule has 2 aliphatic heterocycles. The van der Waals surface area contributed by atoms with Crippen molar-refractivity contribution in [1.82, 2.24) is 14.7 Å². The van der Waals surface area contributed by atoms with Gasteiger partial charge in [0.25, 0.3) is 11.8 Å². The highest BCUT2D eigenvalue weighted by Gasteiger charge is 2.41. The van der Waals surface area contributed by atoms with Crippen molar-refractivity contribution in [3.8, 4) is 0 Å². The van der Waals surface area contributed by atoms with Gasteiger partial charge in [0.05, 0.1) is 5.57 Å². The van der Waals surface area contributed by atoms with Crippen LogP contribution in [-0.2, 0) is 16.1 Å². The van der Waals surface area contributed by atoms with Crippen LogP contribution in [0, 0.1) is 0 Å². The third kappa shape index (κ3) is 4.17. The molecule has 0 radical (unpaired) electrons. The number of imide groups is 1. The van der Waals surface area contributed by atoms with Gasteiger partial charge in [-0.15, -0.1) is 0 Å². The zero-order chi connectivity index (χ0) is 20.9. The Labute approximate surface area is 178 Å². The van der Waals surface area contributed by atoms with Gasteiger partial charge in [0.15, 0.2) is 0 Å². The van der Waals surface area contributed by atoms with Gasteiger partial charge < -0.3 is 4.90 Å². The Kier molecular flexibility index (Phi) is 6.29. The predicted molar refractivity (Wildman–Crippen MR) is 118 cm³/mol. The highest BCUT2D eigenvalue weighted by Crippen LogP contribution is 2.32. The minimum Gasteiger partial charge on any atom is -0.364 e. The predicted octanol–water partition coefficient (Wildman–Crippen LogP) is 3.38. The summed E-state index contributed by atoms with van der Waals surface area (Å²) >= 11 is 0. The lowest BCUT2D eigenvalue weighted by Gasteiger charge is -2.36. The highest BCUT2D eigenvalue weighted by molar-refractivity contribution is 6.35. The Balaban J connectivity index is 1.54. The summed E-state index contributed by atoms with van der Waals surface area (Å²) in [4.78, 5) is 32.4. The van der Waals surface area contributed by atoms with Crippen LogP contribution in [0.5, 0.6) is 0 Å². The zero-order valence-electron chi connectivity index (χ0n) is 17.6. The van der Waals surface area contributed by atoms with Crippen molar-refractivity contribution in [2.45, 2.75) is 26.3 Å². The second-order valence-corrected chi connectivity index (χ2v) is 7.95. The van der Waals surface area contributed by atoms with E-state index in [9.17, 15) is 9.59 Å². The smallest absolute Gasteiger partial charge is 0.277 e. The van der Waals surface area contributed by atoms with E-state index >= 15 is 0 Å². The van der Waals surface area contributed by atoms with Gasteiger partial charge >= 0.3 is 0 Å². The molecule has 1 saturated heterocycles. The number of rotatable bonds is 7. The molecule has 30 heavy (non-hydrogen) atoms. The summed E-state index contributed by atoms with van der Waals surface area (Å²) in [5.74, 6) is -0.287. The zero-order valence-corrected chi connectivity index (χ0v) is 17.6. The molecule has 2 heterocycles. The van der Waals surface area contributed by atoms with Crippen LogP contribution in [0.3, 0.4) is 0 Å². The fourth-order valence-corrected chi connectivity index (χ4v) is 4.21. The number of nitrogens with zero attached hydrogens (tertiary/aromatic N) is 3. The summed E-state index contributed by atoms with van der Waals surface area (Å²) in [6, 6.07) is 20.1. The summed E-state index contributed by atoms with van der Waals surface area (Å²) in [7, 11) is 0. The molecule has 156 valence electrons. The van der Waals surface area contributed by atoms with Crippen LogP contribution < -0.4 is 0 Å². The molecular formula is C25H29N3O2. The maximum atomic E-state index is 13.3. The first-order chi connectivity index (χ1) is 14.7. The maximum Gasteiger partial charge on any atom is 0.277 e. The molecule has 2 aliphatic rings. The summed E-state index contributed by atoms with van der Waals surface area (Å²) in [6.07, 6.45) is 1.78. The van der Waals surface area contributed by atoms with E-state index in [0.29, 0.717) is 17.8 Å². The van der Waals surface area contributed by atoms with Crippen LogP contribution in [0.1, 0.15) is 30.9 Å². The average molecular weight is 404 g/mol. The standard InChI is InChI=1S/C25H29N3O2/c1-2-3-14-28-24(29)22(21-12-8-5-9-13-21)23(25(28)30)27-17-15-26(16-18-27)19-20-10-6-4-7-11-20/h4-13H,2-3,14-19H2,1H3. The van der Waals surface area contributed by atoms with Gasteiger partial charge in [-0.25, -0.2) is 0 Å². The van der Waals surface area contributed by atoms with Crippen molar-refractivity contribution < 1.29 is 9.59 Å². The summed E-state index contributed by atoms with van der Waals surface area (Å²) in [5, 5.41) is 0. The largest absolute Gasteiger partial charge is 0.364 e. The molecule has 0 unspecified atom stereocenters. The minimum atomic E-state index is -0.152.